The molecule has 2 rings (SSSR count). The molecule has 1 amide bonds. The van der Waals surface area contributed by atoms with Gasteiger partial charge in [-0.1, -0.05) is 6.07 Å². The summed E-state index contributed by atoms with van der Waals surface area (Å²) in [5.74, 6) is 0.320. The van der Waals surface area contributed by atoms with Gasteiger partial charge in [0.05, 0.1) is 4.90 Å². The summed E-state index contributed by atoms with van der Waals surface area (Å²) in [6.45, 7) is 7.35. The molecule has 0 bridgehead atoms. The fourth-order valence-corrected chi connectivity index (χ4v) is 3.17. The molecule has 1 aromatic carbocycles. The van der Waals surface area contributed by atoms with Gasteiger partial charge in [-0.3, -0.25) is 9.69 Å². The van der Waals surface area contributed by atoms with E-state index in [1.54, 1.807) is 17.0 Å². The number of hydrogen-bond acceptors (Lipinski definition) is 5. The van der Waals surface area contributed by atoms with E-state index in [-0.39, 0.29) is 17.4 Å². The maximum absolute atomic E-state index is 12.2. The van der Waals surface area contributed by atoms with Gasteiger partial charge < -0.3 is 9.64 Å². The van der Waals surface area contributed by atoms with E-state index in [1.165, 1.54) is 12.1 Å². The first-order valence-electron chi connectivity index (χ1n) is 7.72. The average molecular weight is 340 g/mol. The molecule has 0 unspecified atom stereocenters. The smallest absolute Gasteiger partial charge is 0.260 e. The predicted octanol–water partition coefficient (Wildman–Crippen LogP) is 1.02. The molecule has 0 N–H and O–H groups in total. The molecule has 1 aromatic rings. The van der Waals surface area contributed by atoms with Crippen LogP contribution < -0.4 is 4.74 Å². The summed E-state index contributed by atoms with van der Waals surface area (Å²) in [5.41, 5.74) is 0. The standard InChI is InChI=1S/C16H24N2O4S/c1-13(2)17-7-9-18(10-8-17)16(19)12-22-14-5-4-6-15(11-14)23(3,20)21/h4-6,11,13H,7-10,12H2,1-3H3. The summed E-state index contributed by atoms with van der Waals surface area (Å²) in [7, 11) is -3.28. The van der Waals surface area contributed by atoms with Crippen LogP contribution in [0.25, 0.3) is 0 Å². The van der Waals surface area contributed by atoms with Gasteiger partial charge in [0.25, 0.3) is 5.91 Å². The largest absolute Gasteiger partial charge is 0.484 e. The van der Waals surface area contributed by atoms with Crippen molar-refractivity contribution in [3.63, 3.8) is 0 Å². The highest BCUT2D eigenvalue weighted by Gasteiger charge is 2.22. The third kappa shape index (κ3) is 4.94. The minimum Gasteiger partial charge on any atom is -0.484 e. The second kappa shape index (κ2) is 7.31. The Bertz CT molecular complexity index is 650. The zero-order chi connectivity index (χ0) is 17.0. The molecule has 128 valence electrons. The molecule has 7 heteroatoms. The Balaban J connectivity index is 1.88. The van der Waals surface area contributed by atoms with Crippen LogP contribution in [0.4, 0.5) is 0 Å². The van der Waals surface area contributed by atoms with E-state index in [2.05, 4.69) is 18.7 Å². The van der Waals surface area contributed by atoms with Crippen LogP contribution in [0.5, 0.6) is 5.75 Å². The van der Waals surface area contributed by atoms with Gasteiger partial charge in [0.2, 0.25) is 0 Å². The first-order valence-corrected chi connectivity index (χ1v) is 9.61. The Morgan fingerprint density at radius 2 is 1.87 bits per heavy atom. The van der Waals surface area contributed by atoms with Gasteiger partial charge in [0, 0.05) is 38.5 Å². The molecule has 6 nitrogen and oxygen atoms in total. The van der Waals surface area contributed by atoms with Crippen molar-refractivity contribution in [2.45, 2.75) is 24.8 Å². The van der Waals surface area contributed by atoms with Crippen molar-refractivity contribution in [1.29, 1.82) is 0 Å². The van der Waals surface area contributed by atoms with Crippen LogP contribution in [0.15, 0.2) is 29.2 Å². The summed E-state index contributed by atoms with van der Waals surface area (Å²) in [4.78, 5) is 16.5. The highest BCUT2D eigenvalue weighted by Crippen LogP contribution is 2.17. The highest BCUT2D eigenvalue weighted by molar-refractivity contribution is 7.90. The van der Waals surface area contributed by atoms with E-state index in [0.717, 1.165) is 19.3 Å². The van der Waals surface area contributed by atoms with Crippen LogP contribution in [-0.4, -0.2) is 69.2 Å². The third-order valence-corrected chi connectivity index (χ3v) is 5.10. The molecule has 0 atom stereocenters. The molecule has 0 aliphatic carbocycles. The minimum absolute atomic E-state index is 0.0711. The van der Waals surface area contributed by atoms with Gasteiger partial charge in [-0.25, -0.2) is 8.42 Å². The first-order chi connectivity index (χ1) is 10.8. The quantitative estimate of drug-likeness (QED) is 0.801. The number of benzene rings is 1. The van der Waals surface area contributed by atoms with Gasteiger partial charge in [-0.05, 0) is 32.0 Å². The number of ether oxygens (including phenoxy) is 1. The molecule has 1 heterocycles. The van der Waals surface area contributed by atoms with Crippen LogP contribution >= 0.6 is 0 Å². The van der Waals surface area contributed by atoms with Crippen LogP contribution in [0.3, 0.4) is 0 Å². The van der Waals surface area contributed by atoms with Crippen LogP contribution in [0.2, 0.25) is 0 Å². The summed E-state index contributed by atoms with van der Waals surface area (Å²) < 4.78 is 28.5. The molecule has 0 radical (unpaired) electrons. The zero-order valence-electron chi connectivity index (χ0n) is 13.9. The molecule has 0 saturated carbocycles. The number of amides is 1. The van der Waals surface area contributed by atoms with E-state index < -0.39 is 9.84 Å². The second-order valence-electron chi connectivity index (χ2n) is 6.05. The number of carbonyl (C=O) groups excluding carboxylic acids is 1. The van der Waals surface area contributed by atoms with E-state index in [9.17, 15) is 13.2 Å². The zero-order valence-corrected chi connectivity index (χ0v) is 14.7. The topological polar surface area (TPSA) is 66.9 Å². The SMILES string of the molecule is CC(C)N1CCN(C(=O)COc2cccc(S(C)(=O)=O)c2)CC1. The van der Waals surface area contributed by atoms with Crippen molar-refractivity contribution in [3.8, 4) is 5.75 Å². The molecule has 0 spiro atoms. The van der Waals surface area contributed by atoms with Crippen molar-refractivity contribution in [1.82, 2.24) is 9.80 Å². The Hall–Kier alpha value is -1.60. The number of sulfone groups is 1. The Labute approximate surface area is 137 Å². The Morgan fingerprint density at radius 3 is 2.43 bits per heavy atom. The van der Waals surface area contributed by atoms with Crippen LogP contribution in [0, 0.1) is 0 Å². The van der Waals surface area contributed by atoms with E-state index in [0.29, 0.717) is 24.9 Å². The van der Waals surface area contributed by atoms with Crippen molar-refractivity contribution < 1.29 is 17.9 Å². The number of piperazine rings is 1. The number of hydrogen-bond donors (Lipinski definition) is 0. The lowest BCUT2D eigenvalue weighted by atomic mass is 10.2. The fraction of sp³-hybridized carbons (Fsp3) is 0.562. The molecule has 1 aliphatic heterocycles. The minimum atomic E-state index is -3.28. The van der Waals surface area contributed by atoms with Crippen LogP contribution in [-0.2, 0) is 14.6 Å². The lowest BCUT2D eigenvalue weighted by Gasteiger charge is -2.36. The molecular formula is C16H24N2O4S. The Morgan fingerprint density at radius 1 is 1.22 bits per heavy atom. The molecule has 1 aliphatic rings. The van der Waals surface area contributed by atoms with Gasteiger partial charge in [0.1, 0.15) is 5.75 Å². The maximum atomic E-state index is 12.2. The summed E-state index contributed by atoms with van der Waals surface area (Å²) in [6.07, 6.45) is 1.14. The molecule has 1 saturated heterocycles. The molecule has 0 aromatic heterocycles. The Kier molecular flexibility index (Phi) is 5.64. The number of nitrogens with zero attached hydrogens (tertiary/aromatic N) is 2. The normalized spacial score (nSPS) is 16.6. The average Bonchev–Trinajstić information content (AvgIpc) is 2.52. The first kappa shape index (κ1) is 17.7. The molecule has 23 heavy (non-hydrogen) atoms. The van der Waals surface area contributed by atoms with Crippen molar-refractivity contribution >= 4 is 15.7 Å². The second-order valence-corrected chi connectivity index (χ2v) is 8.06. The summed E-state index contributed by atoms with van der Waals surface area (Å²) in [6, 6.07) is 6.70. The van der Waals surface area contributed by atoms with E-state index in [1.807, 2.05) is 0 Å². The van der Waals surface area contributed by atoms with Crippen molar-refractivity contribution in [3.05, 3.63) is 24.3 Å². The van der Waals surface area contributed by atoms with Gasteiger partial charge in [-0.2, -0.15) is 0 Å². The van der Waals surface area contributed by atoms with Crippen LogP contribution in [0.1, 0.15) is 13.8 Å². The highest BCUT2D eigenvalue weighted by atomic mass is 32.2. The summed E-state index contributed by atoms with van der Waals surface area (Å²) >= 11 is 0. The fourth-order valence-electron chi connectivity index (χ4n) is 2.52. The maximum Gasteiger partial charge on any atom is 0.260 e. The van der Waals surface area contributed by atoms with E-state index >= 15 is 0 Å². The van der Waals surface area contributed by atoms with Gasteiger partial charge in [-0.15, -0.1) is 0 Å². The molecular weight excluding hydrogens is 316 g/mol. The van der Waals surface area contributed by atoms with Crippen molar-refractivity contribution in [2.75, 3.05) is 39.0 Å². The predicted molar refractivity (Wildman–Crippen MR) is 88.3 cm³/mol. The monoisotopic (exact) mass is 340 g/mol. The van der Waals surface area contributed by atoms with Gasteiger partial charge >= 0.3 is 0 Å². The van der Waals surface area contributed by atoms with E-state index in [4.69, 9.17) is 4.74 Å². The van der Waals surface area contributed by atoms with Gasteiger partial charge in [0.15, 0.2) is 16.4 Å². The third-order valence-electron chi connectivity index (χ3n) is 3.99. The number of rotatable bonds is 5. The summed E-state index contributed by atoms with van der Waals surface area (Å²) in [5, 5.41) is 0. The number of carbonyl (C=O) groups is 1. The van der Waals surface area contributed by atoms with Crippen molar-refractivity contribution in [2.24, 2.45) is 0 Å². The molecule has 1 fully saturated rings. The lowest BCUT2D eigenvalue weighted by Crippen LogP contribution is -2.51. The lowest BCUT2D eigenvalue weighted by molar-refractivity contribution is -0.135.